The lowest BCUT2D eigenvalue weighted by molar-refractivity contribution is -0.0328. The molecule has 0 saturated heterocycles. The largest absolute Gasteiger partial charge is 0.446 e. The molecule has 2 heterocycles. The number of aromatic nitrogens is 4. The summed E-state index contributed by atoms with van der Waals surface area (Å²) in [6.45, 7) is 2.52. The molecule has 30 heavy (non-hydrogen) atoms. The van der Waals surface area contributed by atoms with Crippen LogP contribution < -0.4 is 0 Å². The van der Waals surface area contributed by atoms with Crippen LogP contribution in [0.4, 0.5) is 13.2 Å². The molecule has 10 heteroatoms. The van der Waals surface area contributed by atoms with Gasteiger partial charge >= 0.3 is 5.51 Å². The minimum absolute atomic E-state index is 0.0943. The molecule has 0 unspecified atom stereocenters. The molecule has 0 saturated carbocycles. The zero-order chi connectivity index (χ0) is 21.3. The third-order valence-electron chi connectivity index (χ3n) is 4.19. The van der Waals surface area contributed by atoms with Gasteiger partial charge < -0.3 is 4.52 Å². The molecule has 2 aromatic heterocycles. The fourth-order valence-electron chi connectivity index (χ4n) is 2.83. The van der Waals surface area contributed by atoms with Crippen LogP contribution in [0.3, 0.4) is 0 Å². The van der Waals surface area contributed by atoms with Gasteiger partial charge in [0.2, 0.25) is 5.82 Å². The van der Waals surface area contributed by atoms with Crippen LogP contribution in [0.25, 0.3) is 23.0 Å². The van der Waals surface area contributed by atoms with Crippen LogP contribution in [0.1, 0.15) is 11.3 Å². The Kier molecular flexibility index (Phi) is 5.70. The van der Waals surface area contributed by atoms with E-state index < -0.39 is 5.51 Å². The lowest BCUT2D eigenvalue weighted by Gasteiger charge is -2.05. The average Bonchev–Trinajstić information content (AvgIpc) is 3.29. The second-order valence-electron chi connectivity index (χ2n) is 6.45. The fraction of sp³-hybridized carbons (Fsp3) is 0.150. The van der Waals surface area contributed by atoms with E-state index in [0.29, 0.717) is 17.8 Å². The Hall–Kier alpha value is -2.59. The summed E-state index contributed by atoms with van der Waals surface area (Å²) in [6, 6.07) is 15.6. The maximum absolute atomic E-state index is 12.5. The number of nitrogens with zero attached hydrogens (tertiary/aromatic N) is 4. The van der Waals surface area contributed by atoms with Crippen molar-refractivity contribution in [1.82, 2.24) is 19.9 Å². The fourth-order valence-corrected chi connectivity index (χ4v) is 3.82. The van der Waals surface area contributed by atoms with Crippen molar-refractivity contribution in [3.05, 3.63) is 70.3 Å². The third-order valence-corrected chi connectivity index (χ3v) is 5.43. The maximum atomic E-state index is 12.5. The van der Waals surface area contributed by atoms with E-state index in [0.717, 1.165) is 15.7 Å². The first kappa shape index (κ1) is 20.7. The standard InChI is InChI=1S/C20H14BrF3N4OS/c1-12-9-17(26-28(12)11-13-3-2-4-15(21)10-13)19-25-18(27-29-19)14-5-7-16(8-6-14)30-20(22,23)24/h2-10H,11H2,1H3. The van der Waals surface area contributed by atoms with Crippen LogP contribution in [0.5, 0.6) is 0 Å². The van der Waals surface area contributed by atoms with E-state index in [-0.39, 0.29) is 28.4 Å². The van der Waals surface area contributed by atoms with Crippen molar-refractivity contribution in [3.63, 3.8) is 0 Å². The Morgan fingerprint density at radius 2 is 1.87 bits per heavy atom. The van der Waals surface area contributed by atoms with E-state index in [1.54, 1.807) is 0 Å². The highest BCUT2D eigenvalue weighted by Gasteiger charge is 2.29. The molecular formula is C20H14BrF3N4OS. The summed E-state index contributed by atoms with van der Waals surface area (Å²) in [4.78, 5) is 4.43. The van der Waals surface area contributed by atoms with Crippen molar-refractivity contribution >= 4 is 27.7 Å². The van der Waals surface area contributed by atoms with Crippen molar-refractivity contribution in [2.45, 2.75) is 23.9 Å². The van der Waals surface area contributed by atoms with Crippen LogP contribution in [0.15, 0.2) is 68.5 Å². The number of thioether (sulfide) groups is 1. The number of aryl methyl sites for hydroxylation is 1. The highest BCUT2D eigenvalue weighted by molar-refractivity contribution is 9.10. The molecule has 0 radical (unpaired) electrons. The smallest absolute Gasteiger partial charge is 0.332 e. The molecule has 0 spiro atoms. The van der Waals surface area contributed by atoms with E-state index in [9.17, 15) is 13.2 Å². The van der Waals surface area contributed by atoms with E-state index in [2.05, 4.69) is 31.2 Å². The minimum atomic E-state index is -4.33. The minimum Gasteiger partial charge on any atom is -0.332 e. The summed E-state index contributed by atoms with van der Waals surface area (Å²) in [5.74, 6) is 0.530. The monoisotopic (exact) mass is 494 g/mol. The predicted octanol–water partition coefficient (Wildman–Crippen LogP) is 6.33. The van der Waals surface area contributed by atoms with Gasteiger partial charge in [-0.05, 0) is 66.7 Å². The third kappa shape index (κ3) is 4.93. The van der Waals surface area contributed by atoms with Crippen molar-refractivity contribution in [2.24, 2.45) is 0 Å². The SMILES string of the molecule is Cc1cc(-c2nc(-c3ccc(SC(F)(F)F)cc3)no2)nn1Cc1cccc(Br)c1. The highest BCUT2D eigenvalue weighted by Crippen LogP contribution is 2.37. The zero-order valence-electron chi connectivity index (χ0n) is 15.5. The molecule has 4 rings (SSSR count). The number of hydrogen-bond donors (Lipinski definition) is 0. The molecule has 0 N–H and O–H groups in total. The van der Waals surface area contributed by atoms with Gasteiger partial charge in [0.05, 0.1) is 6.54 Å². The molecule has 0 amide bonds. The van der Waals surface area contributed by atoms with Gasteiger partial charge in [-0.15, -0.1) is 0 Å². The van der Waals surface area contributed by atoms with E-state index in [1.165, 1.54) is 24.3 Å². The molecular weight excluding hydrogens is 481 g/mol. The van der Waals surface area contributed by atoms with Crippen LogP contribution in [0, 0.1) is 6.92 Å². The topological polar surface area (TPSA) is 56.7 Å². The van der Waals surface area contributed by atoms with Gasteiger partial charge in [-0.1, -0.05) is 33.2 Å². The van der Waals surface area contributed by atoms with Gasteiger partial charge in [0, 0.05) is 20.6 Å². The van der Waals surface area contributed by atoms with Crippen molar-refractivity contribution in [1.29, 1.82) is 0 Å². The van der Waals surface area contributed by atoms with Crippen LogP contribution >= 0.6 is 27.7 Å². The molecule has 0 fully saturated rings. The van der Waals surface area contributed by atoms with Gasteiger partial charge in [0.25, 0.3) is 5.89 Å². The van der Waals surface area contributed by atoms with E-state index >= 15 is 0 Å². The maximum Gasteiger partial charge on any atom is 0.446 e. The Labute approximate surface area is 182 Å². The summed E-state index contributed by atoms with van der Waals surface area (Å²) >= 11 is 3.29. The Bertz CT molecular complexity index is 1170. The van der Waals surface area contributed by atoms with Crippen LogP contribution in [-0.2, 0) is 6.54 Å². The summed E-state index contributed by atoms with van der Waals surface area (Å²) in [6.07, 6.45) is 0. The zero-order valence-corrected chi connectivity index (χ0v) is 17.9. The molecule has 0 bridgehead atoms. The number of hydrogen-bond acceptors (Lipinski definition) is 5. The molecule has 5 nitrogen and oxygen atoms in total. The summed E-state index contributed by atoms with van der Waals surface area (Å²) in [7, 11) is 0. The van der Waals surface area contributed by atoms with Crippen LogP contribution in [0.2, 0.25) is 0 Å². The van der Waals surface area contributed by atoms with Crippen LogP contribution in [-0.4, -0.2) is 25.4 Å². The van der Waals surface area contributed by atoms with Gasteiger partial charge in [0.15, 0.2) is 5.69 Å². The van der Waals surface area contributed by atoms with Gasteiger partial charge in [0.1, 0.15) is 0 Å². The first-order valence-electron chi connectivity index (χ1n) is 8.76. The summed E-state index contributed by atoms with van der Waals surface area (Å²) < 4.78 is 45.5. The molecule has 0 aliphatic heterocycles. The lowest BCUT2D eigenvalue weighted by Crippen LogP contribution is -2.03. The quantitative estimate of drug-likeness (QED) is 0.303. The Morgan fingerprint density at radius 1 is 1.10 bits per heavy atom. The second-order valence-corrected chi connectivity index (χ2v) is 8.51. The summed E-state index contributed by atoms with van der Waals surface area (Å²) in [5, 5.41) is 8.47. The lowest BCUT2D eigenvalue weighted by atomic mass is 10.2. The molecule has 0 atom stereocenters. The van der Waals surface area contributed by atoms with Crippen molar-refractivity contribution in [2.75, 3.05) is 0 Å². The van der Waals surface area contributed by atoms with Gasteiger partial charge in [-0.25, -0.2) is 0 Å². The highest BCUT2D eigenvalue weighted by atomic mass is 79.9. The average molecular weight is 495 g/mol. The first-order chi connectivity index (χ1) is 14.3. The molecule has 2 aromatic carbocycles. The predicted molar refractivity (Wildman–Crippen MR) is 111 cm³/mol. The summed E-state index contributed by atoms with van der Waals surface area (Å²) in [5.41, 5.74) is -1.22. The number of rotatable bonds is 5. The molecule has 0 aliphatic carbocycles. The molecule has 154 valence electrons. The normalized spacial score (nSPS) is 11.8. The first-order valence-corrected chi connectivity index (χ1v) is 10.4. The number of alkyl halides is 3. The number of halogens is 4. The second kappa shape index (κ2) is 8.27. The van der Waals surface area contributed by atoms with E-state index in [4.69, 9.17) is 4.52 Å². The Morgan fingerprint density at radius 3 is 2.57 bits per heavy atom. The molecule has 0 aliphatic rings. The van der Waals surface area contributed by atoms with Gasteiger partial charge in [-0.2, -0.15) is 23.3 Å². The Balaban J connectivity index is 1.53. The van der Waals surface area contributed by atoms with Crippen molar-refractivity contribution in [3.8, 4) is 23.0 Å². The van der Waals surface area contributed by atoms with E-state index in [1.807, 2.05) is 41.9 Å². The van der Waals surface area contributed by atoms with Crippen molar-refractivity contribution < 1.29 is 17.7 Å². The number of benzene rings is 2. The molecule has 4 aromatic rings. The van der Waals surface area contributed by atoms with Gasteiger partial charge in [-0.3, -0.25) is 4.68 Å².